The molecule has 0 aromatic carbocycles. The minimum absolute atomic E-state index is 0.807. The van der Waals surface area contributed by atoms with Crippen LogP contribution in [0.2, 0.25) is 0 Å². The van der Waals surface area contributed by atoms with Gasteiger partial charge in [0.2, 0.25) is 0 Å². The normalized spacial score (nSPS) is 17.2. The van der Waals surface area contributed by atoms with Gasteiger partial charge in [-0.1, -0.05) is 0 Å². The van der Waals surface area contributed by atoms with E-state index in [0.717, 1.165) is 32.0 Å². The van der Waals surface area contributed by atoms with Crippen molar-refractivity contribution < 1.29 is 4.74 Å². The van der Waals surface area contributed by atoms with Crippen LogP contribution in [0.5, 0.6) is 0 Å². The first-order chi connectivity index (χ1) is 7.45. The van der Waals surface area contributed by atoms with Crippen molar-refractivity contribution in [1.29, 1.82) is 0 Å². The van der Waals surface area contributed by atoms with Crippen molar-refractivity contribution in [2.45, 2.75) is 0 Å². The zero-order valence-corrected chi connectivity index (χ0v) is 8.47. The van der Waals surface area contributed by atoms with Crippen LogP contribution in [-0.2, 0) is 4.74 Å². The Morgan fingerprint density at radius 3 is 2.93 bits per heavy atom. The minimum atomic E-state index is 0.807. The topological polar surface area (TPSA) is 29.8 Å². The Bertz CT molecular complexity index is 460. The van der Waals surface area contributed by atoms with E-state index in [1.807, 2.05) is 23.0 Å². The van der Waals surface area contributed by atoms with Gasteiger partial charge >= 0.3 is 0 Å². The first-order valence-electron chi connectivity index (χ1n) is 5.19. The van der Waals surface area contributed by atoms with Crippen LogP contribution in [0.1, 0.15) is 0 Å². The third-order valence-corrected chi connectivity index (χ3v) is 2.75. The number of pyridine rings is 1. The lowest BCUT2D eigenvalue weighted by atomic mass is 10.3. The molecule has 0 amide bonds. The van der Waals surface area contributed by atoms with E-state index in [2.05, 4.69) is 22.0 Å². The standard InChI is InChI=1S/C11H13N3O/c1-2-10(13-6-8-15-9-7-13)11-12-3-5-14(11)4-1/h1-5H,6-9H2. The molecule has 78 valence electrons. The summed E-state index contributed by atoms with van der Waals surface area (Å²) in [4.78, 5) is 6.70. The van der Waals surface area contributed by atoms with Crippen LogP contribution < -0.4 is 4.90 Å². The second-order valence-corrected chi connectivity index (χ2v) is 3.65. The Morgan fingerprint density at radius 1 is 1.20 bits per heavy atom. The van der Waals surface area contributed by atoms with Gasteiger partial charge in [0.1, 0.15) is 0 Å². The van der Waals surface area contributed by atoms with E-state index in [9.17, 15) is 0 Å². The maximum atomic E-state index is 5.35. The number of aromatic nitrogens is 2. The quantitative estimate of drug-likeness (QED) is 0.697. The van der Waals surface area contributed by atoms with Crippen LogP contribution in [0.15, 0.2) is 30.7 Å². The third-order valence-electron chi connectivity index (χ3n) is 2.75. The zero-order chi connectivity index (χ0) is 10.1. The van der Waals surface area contributed by atoms with Gasteiger partial charge < -0.3 is 14.0 Å². The lowest BCUT2D eigenvalue weighted by Crippen LogP contribution is -2.36. The van der Waals surface area contributed by atoms with Gasteiger partial charge in [-0.2, -0.15) is 0 Å². The van der Waals surface area contributed by atoms with Crippen LogP contribution in [0.4, 0.5) is 5.69 Å². The monoisotopic (exact) mass is 203 g/mol. The van der Waals surface area contributed by atoms with Crippen LogP contribution in [0.25, 0.3) is 5.65 Å². The first-order valence-corrected chi connectivity index (χ1v) is 5.19. The number of morpholine rings is 1. The van der Waals surface area contributed by atoms with Crippen molar-refractivity contribution in [2.24, 2.45) is 0 Å². The van der Waals surface area contributed by atoms with E-state index >= 15 is 0 Å². The van der Waals surface area contributed by atoms with Gasteiger partial charge in [0.05, 0.1) is 18.9 Å². The largest absolute Gasteiger partial charge is 0.378 e. The molecule has 0 unspecified atom stereocenters. The van der Waals surface area contributed by atoms with Gasteiger partial charge in [0.25, 0.3) is 0 Å². The lowest BCUT2D eigenvalue weighted by molar-refractivity contribution is 0.123. The molecule has 2 aromatic heterocycles. The Morgan fingerprint density at radius 2 is 2.07 bits per heavy atom. The fourth-order valence-corrected chi connectivity index (χ4v) is 1.98. The summed E-state index contributed by atoms with van der Waals surface area (Å²) in [5, 5.41) is 0. The smallest absolute Gasteiger partial charge is 0.160 e. The highest BCUT2D eigenvalue weighted by Crippen LogP contribution is 2.20. The van der Waals surface area contributed by atoms with E-state index in [0.29, 0.717) is 0 Å². The maximum Gasteiger partial charge on any atom is 0.160 e. The number of hydrogen-bond donors (Lipinski definition) is 0. The average molecular weight is 203 g/mol. The number of rotatable bonds is 1. The van der Waals surface area contributed by atoms with Crippen molar-refractivity contribution in [3.8, 4) is 0 Å². The molecular formula is C11H13N3O. The van der Waals surface area contributed by atoms with Gasteiger partial charge in [-0.3, -0.25) is 0 Å². The molecule has 4 nitrogen and oxygen atoms in total. The van der Waals surface area contributed by atoms with Crippen molar-refractivity contribution in [2.75, 3.05) is 31.2 Å². The molecule has 3 rings (SSSR count). The molecule has 1 aliphatic heterocycles. The van der Waals surface area contributed by atoms with Crippen LogP contribution in [0.3, 0.4) is 0 Å². The van der Waals surface area contributed by atoms with E-state index < -0.39 is 0 Å². The van der Waals surface area contributed by atoms with Gasteiger partial charge in [-0.05, 0) is 12.1 Å². The highest BCUT2D eigenvalue weighted by atomic mass is 16.5. The molecule has 0 atom stereocenters. The summed E-state index contributed by atoms with van der Waals surface area (Å²) in [6.07, 6.45) is 5.82. The summed E-state index contributed by atoms with van der Waals surface area (Å²) < 4.78 is 7.39. The van der Waals surface area contributed by atoms with E-state index in [1.165, 1.54) is 5.69 Å². The van der Waals surface area contributed by atoms with Crippen LogP contribution >= 0.6 is 0 Å². The fraction of sp³-hybridized carbons (Fsp3) is 0.364. The molecule has 0 saturated carbocycles. The fourth-order valence-electron chi connectivity index (χ4n) is 1.98. The highest BCUT2D eigenvalue weighted by Gasteiger charge is 2.14. The zero-order valence-electron chi connectivity index (χ0n) is 8.47. The van der Waals surface area contributed by atoms with Crippen molar-refractivity contribution in [3.05, 3.63) is 30.7 Å². The van der Waals surface area contributed by atoms with E-state index in [4.69, 9.17) is 4.74 Å². The van der Waals surface area contributed by atoms with Gasteiger partial charge in [0.15, 0.2) is 5.65 Å². The van der Waals surface area contributed by atoms with E-state index in [1.54, 1.807) is 0 Å². The summed E-state index contributed by atoms with van der Waals surface area (Å²) in [5.41, 5.74) is 2.23. The Balaban J connectivity index is 2.05. The molecule has 1 saturated heterocycles. The van der Waals surface area contributed by atoms with Crippen LogP contribution in [0, 0.1) is 0 Å². The summed E-state index contributed by atoms with van der Waals surface area (Å²) in [7, 11) is 0. The van der Waals surface area contributed by atoms with Gasteiger partial charge in [-0.15, -0.1) is 0 Å². The number of fused-ring (bicyclic) bond motifs is 1. The van der Waals surface area contributed by atoms with Gasteiger partial charge in [0, 0.05) is 31.7 Å². The summed E-state index contributed by atoms with van der Waals surface area (Å²) in [5.74, 6) is 0. The number of ether oxygens (including phenoxy) is 1. The molecule has 0 aliphatic carbocycles. The molecule has 4 heteroatoms. The van der Waals surface area contributed by atoms with Gasteiger partial charge in [-0.25, -0.2) is 4.98 Å². The lowest BCUT2D eigenvalue weighted by Gasteiger charge is -2.28. The Labute approximate surface area is 88.1 Å². The summed E-state index contributed by atoms with van der Waals surface area (Å²) >= 11 is 0. The molecule has 2 aromatic rings. The Kier molecular flexibility index (Phi) is 2.07. The van der Waals surface area contributed by atoms with Crippen molar-refractivity contribution in [3.63, 3.8) is 0 Å². The first kappa shape index (κ1) is 8.73. The number of anilines is 1. The molecule has 15 heavy (non-hydrogen) atoms. The second kappa shape index (κ2) is 3.55. The second-order valence-electron chi connectivity index (χ2n) is 3.65. The predicted molar refractivity (Wildman–Crippen MR) is 58.2 cm³/mol. The molecular weight excluding hydrogens is 190 g/mol. The molecule has 0 bridgehead atoms. The SMILES string of the molecule is c1cc(N2CCOCC2)c2nccn2c1. The molecule has 0 spiro atoms. The van der Waals surface area contributed by atoms with Crippen LogP contribution in [-0.4, -0.2) is 35.7 Å². The Hall–Kier alpha value is -1.55. The maximum absolute atomic E-state index is 5.35. The molecule has 1 aliphatic rings. The number of hydrogen-bond acceptors (Lipinski definition) is 3. The summed E-state index contributed by atoms with van der Waals surface area (Å²) in [6.45, 7) is 3.52. The molecule has 3 heterocycles. The average Bonchev–Trinajstić information content (AvgIpc) is 2.78. The number of nitrogens with zero attached hydrogens (tertiary/aromatic N) is 3. The molecule has 0 radical (unpaired) electrons. The summed E-state index contributed by atoms with van der Waals surface area (Å²) in [6, 6.07) is 4.17. The third kappa shape index (κ3) is 1.47. The van der Waals surface area contributed by atoms with E-state index in [-0.39, 0.29) is 0 Å². The highest BCUT2D eigenvalue weighted by molar-refractivity contribution is 5.68. The minimum Gasteiger partial charge on any atom is -0.378 e. The van der Waals surface area contributed by atoms with Crippen molar-refractivity contribution in [1.82, 2.24) is 9.38 Å². The van der Waals surface area contributed by atoms with Crippen molar-refractivity contribution >= 4 is 11.3 Å². The number of imidazole rings is 1. The molecule has 1 fully saturated rings. The predicted octanol–water partition coefficient (Wildman–Crippen LogP) is 1.17. The molecule has 0 N–H and O–H groups in total.